The lowest BCUT2D eigenvalue weighted by atomic mass is 10.1. The molecular weight excluding hydrogens is 177 g/mol. The van der Waals surface area contributed by atoms with Crippen molar-refractivity contribution in [2.75, 3.05) is 0 Å². The normalized spacial score (nSPS) is 12.5. The first-order chi connectivity index (χ1) is 5.61. The minimum Gasteiger partial charge on any atom is -0.272 e. The topological polar surface area (TPSA) is 40.9 Å². The van der Waals surface area contributed by atoms with Crippen LogP contribution < -0.4 is 5.73 Å². The predicted molar refractivity (Wildman–Crippen MR) is 46.2 cm³/mol. The molecule has 1 atom stereocenters. The molecule has 0 saturated carbocycles. The monoisotopic (exact) mass is 184 g/mol. The van der Waals surface area contributed by atoms with E-state index in [1.165, 1.54) is 24.3 Å². The lowest BCUT2D eigenvalue weighted by Crippen LogP contribution is -2.06. The first-order valence-electron chi connectivity index (χ1n) is 3.30. The van der Waals surface area contributed by atoms with Crippen molar-refractivity contribution in [2.45, 2.75) is 5.25 Å². The molecular formula is C8H7FNOS. The number of thiol groups is 1. The lowest BCUT2D eigenvalue weighted by molar-refractivity contribution is -0.118. The van der Waals surface area contributed by atoms with Crippen molar-refractivity contribution in [3.8, 4) is 0 Å². The van der Waals surface area contributed by atoms with E-state index in [9.17, 15) is 9.18 Å². The molecule has 0 aliphatic heterocycles. The van der Waals surface area contributed by atoms with Crippen molar-refractivity contribution < 1.29 is 9.18 Å². The summed E-state index contributed by atoms with van der Waals surface area (Å²) < 4.78 is 12.4. The van der Waals surface area contributed by atoms with Gasteiger partial charge in [-0.2, -0.15) is 12.6 Å². The summed E-state index contributed by atoms with van der Waals surface area (Å²) in [6.07, 6.45) is 0. The number of hydrogen-bond donors (Lipinski definition) is 1. The minimum absolute atomic E-state index is 0.364. The first kappa shape index (κ1) is 9.06. The highest BCUT2D eigenvalue weighted by molar-refractivity contribution is 7.81. The number of carbonyl (C=O) groups excluding carboxylic acids is 1. The van der Waals surface area contributed by atoms with Crippen LogP contribution in [-0.4, -0.2) is 5.91 Å². The fourth-order valence-corrected chi connectivity index (χ4v) is 0.969. The maximum Gasteiger partial charge on any atom is 0.255 e. The Hall–Kier alpha value is -1.03. The zero-order chi connectivity index (χ0) is 9.14. The van der Waals surface area contributed by atoms with Gasteiger partial charge in [0.15, 0.2) is 0 Å². The van der Waals surface area contributed by atoms with E-state index in [-0.39, 0.29) is 5.82 Å². The van der Waals surface area contributed by atoms with Gasteiger partial charge in [-0.1, -0.05) is 12.1 Å². The van der Waals surface area contributed by atoms with Crippen molar-refractivity contribution >= 4 is 18.5 Å². The molecule has 0 fully saturated rings. The van der Waals surface area contributed by atoms with Gasteiger partial charge in [0.25, 0.3) is 5.91 Å². The molecule has 0 aliphatic carbocycles. The molecule has 1 N–H and O–H groups in total. The van der Waals surface area contributed by atoms with Crippen LogP contribution in [0, 0.1) is 5.82 Å². The summed E-state index contributed by atoms with van der Waals surface area (Å²) in [5.74, 6) is -1.15. The van der Waals surface area contributed by atoms with Crippen molar-refractivity contribution in [1.29, 1.82) is 0 Å². The highest BCUT2D eigenvalue weighted by Crippen LogP contribution is 2.19. The van der Waals surface area contributed by atoms with Crippen molar-refractivity contribution in [1.82, 2.24) is 5.73 Å². The Morgan fingerprint density at radius 3 is 2.33 bits per heavy atom. The van der Waals surface area contributed by atoms with E-state index >= 15 is 0 Å². The van der Waals surface area contributed by atoms with Crippen LogP contribution in [0.1, 0.15) is 10.8 Å². The molecule has 1 unspecified atom stereocenters. The zero-order valence-corrected chi connectivity index (χ0v) is 7.01. The Morgan fingerprint density at radius 1 is 1.42 bits per heavy atom. The quantitative estimate of drug-likeness (QED) is 0.697. The van der Waals surface area contributed by atoms with Gasteiger partial charge in [-0.25, -0.2) is 4.39 Å². The molecule has 0 aliphatic rings. The van der Waals surface area contributed by atoms with Crippen LogP contribution >= 0.6 is 12.6 Å². The van der Waals surface area contributed by atoms with Gasteiger partial charge in [-0.15, -0.1) is 0 Å². The number of halogens is 1. The molecule has 0 heterocycles. The van der Waals surface area contributed by atoms with Crippen LogP contribution in [0.3, 0.4) is 0 Å². The summed E-state index contributed by atoms with van der Waals surface area (Å²) in [5, 5.41) is -0.773. The Morgan fingerprint density at radius 2 is 1.92 bits per heavy atom. The molecule has 0 bridgehead atoms. The summed E-state index contributed by atoms with van der Waals surface area (Å²) in [4.78, 5) is 10.5. The van der Waals surface area contributed by atoms with Crippen LogP contribution in [0.25, 0.3) is 0 Å². The van der Waals surface area contributed by atoms with E-state index < -0.39 is 11.2 Å². The summed E-state index contributed by atoms with van der Waals surface area (Å²) >= 11 is 3.89. The number of hydrogen-bond acceptors (Lipinski definition) is 2. The number of rotatable bonds is 2. The van der Waals surface area contributed by atoms with Crippen LogP contribution in [0.15, 0.2) is 24.3 Å². The second-order valence-electron chi connectivity index (χ2n) is 2.32. The van der Waals surface area contributed by atoms with E-state index in [0.717, 1.165) is 0 Å². The molecule has 0 spiro atoms. The molecule has 2 nitrogen and oxygen atoms in total. The number of carbonyl (C=O) groups is 1. The van der Waals surface area contributed by atoms with Gasteiger partial charge in [-0.05, 0) is 17.7 Å². The van der Waals surface area contributed by atoms with Gasteiger partial charge in [-0.3, -0.25) is 10.5 Å². The summed E-state index contributed by atoms with van der Waals surface area (Å²) in [5.41, 5.74) is 7.31. The summed E-state index contributed by atoms with van der Waals surface area (Å²) in [7, 11) is 0. The average Bonchev–Trinajstić information content (AvgIpc) is 2.04. The van der Waals surface area contributed by atoms with Crippen LogP contribution in [0.2, 0.25) is 0 Å². The fourth-order valence-electron chi connectivity index (χ4n) is 0.796. The Balaban J connectivity index is 2.89. The highest BCUT2D eigenvalue weighted by atomic mass is 32.1. The Bertz CT molecular complexity index is 286. The number of benzene rings is 1. The molecule has 1 rings (SSSR count). The number of amides is 1. The van der Waals surface area contributed by atoms with Gasteiger partial charge in [0.05, 0.1) is 0 Å². The lowest BCUT2D eigenvalue weighted by Gasteiger charge is -2.04. The summed E-state index contributed by atoms with van der Waals surface area (Å²) in [6.45, 7) is 0. The van der Waals surface area contributed by atoms with Gasteiger partial charge >= 0.3 is 0 Å². The third-order valence-corrected chi connectivity index (χ3v) is 1.97. The highest BCUT2D eigenvalue weighted by Gasteiger charge is 2.12. The predicted octanol–water partition coefficient (Wildman–Crippen LogP) is 1.61. The Kier molecular flexibility index (Phi) is 2.70. The maximum absolute atomic E-state index is 12.4. The van der Waals surface area contributed by atoms with Crippen molar-refractivity contribution in [3.63, 3.8) is 0 Å². The molecule has 1 amide bonds. The van der Waals surface area contributed by atoms with Crippen molar-refractivity contribution in [2.24, 2.45) is 0 Å². The average molecular weight is 184 g/mol. The van der Waals surface area contributed by atoms with Gasteiger partial charge in [0.1, 0.15) is 11.1 Å². The molecule has 12 heavy (non-hydrogen) atoms. The second-order valence-corrected chi connectivity index (χ2v) is 2.83. The molecule has 1 aromatic rings. The largest absolute Gasteiger partial charge is 0.272 e. The van der Waals surface area contributed by atoms with Crippen molar-refractivity contribution in [3.05, 3.63) is 35.6 Å². The van der Waals surface area contributed by atoms with E-state index in [0.29, 0.717) is 5.56 Å². The van der Waals surface area contributed by atoms with Gasteiger partial charge < -0.3 is 0 Å². The minimum atomic E-state index is -0.787. The zero-order valence-electron chi connectivity index (χ0n) is 6.12. The fraction of sp³-hybridized carbons (Fsp3) is 0.125. The standard InChI is InChI=1S/C8H7FNOS/c9-6-3-1-5(2-4-6)7(12)8(10)11/h1-4,7,10,12H. The van der Waals surface area contributed by atoms with E-state index in [2.05, 4.69) is 12.6 Å². The van der Waals surface area contributed by atoms with E-state index in [1.54, 1.807) is 0 Å². The summed E-state index contributed by atoms with van der Waals surface area (Å²) in [6, 6.07) is 5.36. The number of nitrogens with one attached hydrogen (secondary N) is 1. The van der Waals surface area contributed by atoms with Gasteiger partial charge in [0, 0.05) is 0 Å². The third-order valence-electron chi connectivity index (χ3n) is 1.43. The molecule has 1 radical (unpaired) electrons. The Labute approximate surface area is 75.0 Å². The van der Waals surface area contributed by atoms with Crippen LogP contribution in [-0.2, 0) is 4.79 Å². The van der Waals surface area contributed by atoms with E-state index in [1.807, 2.05) is 0 Å². The van der Waals surface area contributed by atoms with E-state index in [4.69, 9.17) is 5.73 Å². The molecule has 0 saturated heterocycles. The molecule has 1 aromatic carbocycles. The first-order valence-corrected chi connectivity index (χ1v) is 3.82. The maximum atomic E-state index is 12.4. The van der Waals surface area contributed by atoms with Crippen LogP contribution in [0.5, 0.6) is 0 Å². The third kappa shape index (κ3) is 1.98. The second kappa shape index (κ2) is 3.58. The van der Waals surface area contributed by atoms with Gasteiger partial charge in [0.2, 0.25) is 0 Å². The SMILES string of the molecule is [NH]C(=O)C(S)c1ccc(F)cc1. The molecule has 0 aromatic heterocycles. The molecule has 63 valence electrons. The molecule has 4 heteroatoms. The smallest absolute Gasteiger partial charge is 0.255 e. The van der Waals surface area contributed by atoms with Crippen LogP contribution in [0.4, 0.5) is 4.39 Å².